The van der Waals surface area contributed by atoms with Gasteiger partial charge in [-0.2, -0.15) is 0 Å². The number of rotatable bonds is 6. The van der Waals surface area contributed by atoms with Crippen molar-refractivity contribution in [2.45, 2.75) is 25.3 Å². The monoisotopic (exact) mass is 362 g/mol. The maximum absolute atomic E-state index is 12.0. The molecule has 2 amide bonds. The molecule has 2 atom stereocenters. The molecule has 142 valence electrons. The molecule has 0 unspecified atom stereocenters. The van der Waals surface area contributed by atoms with Gasteiger partial charge in [-0.1, -0.05) is 24.3 Å². The maximum atomic E-state index is 12.0. The molecule has 8 heteroatoms. The normalized spacial score (nSPS) is 23.2. The van der Waals surface area contributed by atoms with Gasteiger partial charge in [0.05, 0.1) is 13.2 Å². The lowest BCUT2D eigenvalue weighted by Crippen LogP contribution is -2.47. The Bertz CT molecular complexity index is 543. The van der Waals surface area contributed by atoms with Crippen LogP contribution in [0.2, 0.25) is 0 Å². The highest BCUT2D eigenvalue weighted by molar-refractivity contribution is 5.81. The molecular weight excluding hydrogens is 336 g/mol. The van der Waals surface area contributed by atoms with Crippen LogP contribution in [-0.2, 0) is 32.2 Å². The molecule has 2 aliphatic rings. The molecule has 1 aromatic carbocycles. The van der Waals surface area contributed by atoms with Crippen molar-refractivity contribution in [1.29, 1.82) is 0 Å². The van der Waals surface area contributed by atoms with Crippen LogP contribution in [0.4, 0.5) is 0 Å². The van der Waals surface area contributed by atoms with Crippen LogP contribution in [0.15, 0.2) is 24.3 Å². The third-order valence-electron chi connectivity index (χ3n) is 4.40. The fourth-order valence-corrected chi connectivity index (χ4v) is 2.85. The predicted molar refractivity (Wildman–Crippen MR) is 95.4 cm³/mol. The number of ether oxygens (including phenoxy) is 2. The highest BCUT2D eigenvalue weighted by Crippen LogP contribution is 2.06. The third kappa shape index (κ3) is 5.50. The zero-order valence-corrected chi connectivity index (χ0v) is 14.8. The first-order chi connectivity index (χ1) is 12.7. The van der Waals surface area contributed by atoms with Gasteiger partial charge in [0.2, 0.25) is 0 Å². The maximum Gasteiger partial charge on any atom is 0.250 e. The van der Waals surface area contributed by atoms with Crippen molar-refractivity contribution < 1.29 is 19.1 Å². The minimum atomic E-state index is -0.422. The zero-order valence-electron chi connectivity index (χ0n) is 14.8. The van der Waals surface area contributed by atoms with E-state index in [9.17, 15) is 9.59 Å². The van der Waals surface area contributed by atoms with Gasteiger partial charge in [0.25, 0.3) is 11.8 Å². The summed E-state index contributed by atoms with van der Waals surface area (Å²) in [5.74, 6) is -0.204. The molecule has 0 aromatic heterocycles. The largest absolute Gasteiger partial charge is 0.366 e. The van der Waals surface area contributed by atoms with Crippen LogP contribution in [-0.4, -0.2) is 63.4 Å². The first-order valence-electron chi connectivity index (χ1n) is 9.00. The van der Waals surface area contributed by atoms with E-state index in [1.165, 1.54) is 0 Å². The lowest BCUT2D eigenvalue weighted by molar-refractivity contribution is -0.135. The second-order valence-corrected chi connectivity index (χ2v) is 6.38. The Morgan fingerprint density at radius 3 is 1.62 bits per heavy atom. The van der Waals surface area contributed by atoms with E-state index >= 15 is 0 Å². The smallest absolute Gasteiger partial charge is 0.250 e. The fourth-order valence-electron chi connectivity index (χ4n) is 2.85. The molecule has 3 rings (SSSR count). The predicted octanol–water partition coefficient (Wildman–Crippen LogP) is -1.10. The molecule has 2 fully saturated rings. The van der Waals surface area contributed by atoms with Crippen molar-refractivity contribution in [1.82, 2.24) is 21.3 Å². The SMILES string of the molecule is O=C(NCc1ccc(CNC(=O)[C@@H]2CNCCO2)cc1)[C@@H]1CNCCO1. The van der Waals surface area contributed by atoms with Gasteiger partial charge in [0.1, 0.15) is 12.2 Å². The molecule has 2 saturated heterocycles. The molecule has 1 aromatic rings. The Labute approximate surface area is 153 Å². The molecule has 2 heterocycles. The number of carbonyl (C=O) groups excluding carboxylic acids is 2. The van der Waals surface area contributed by atoms with E-state index in [0.717, 1.165) is 24.2 Å². The van der Waals surface area contributed by atoms with Gasteiger partial charge in [-0.15, -0.1) is 0 Å². The quantitative estimate of drug-likeness (QED) is 0.512. The zero-order chi connectivity index (χ0) is 18.2. The Morgan fingerprint density at radius 2 is 1.27 bits per heavy atom. The Balaban J connectivity index is 1.40. The number of nitrogens with one attached hydrogen (secondary N) is 4. The van der Waals surface area contributed by atoms with E-state index in [-0.39, 0.29) is 11.8 Å². The summed E-state index contributed by atoms with van der Waals surface area (Å²) >= 11 is 0. The summed E-state index contributed by atoms with van der Waals surface area (Å²) < 4.78 is 10.8. The highest BCUT2D eigenvalue weighted by atomic mass is 16.5. The van der Waals surface area contributed by atoms with Crippen LogP contribution in [0, 0.1) is 0 Å². The Hall–Kier alpha value is -2.00. The molecule has 0 bridgehead atoms. The molecule has 8 nitrogen and oxygen atoms in total. The van der Waals surface area contributed by atoms with Crippen molar-refractivity contribution in [2.75, 3.05) is 39.4 Å². The summed E-state index contributed by atoms with van der Waals surface area (Å²) in [5.41, 5.74) is 1.99. The molecule has 0 radical (unpaired) electrons. The molecule has 0 saturated carbocycles. The van der Waals surface area contributed by atoms with Crippen LogP contribution in [0.1, 0.15) is 11.1 Å². The fraction of sp³-hybridized carbons (Fsp3) is 0.556. The summed E-state index contributed by atoms with van der Waals surface area (Å²) in [7, 11) is 0. The van der Waals surface area contributed by atoms with Gasteiger partial charge in [-0.05, 0) is 11.1 Å². The van der Waals surface area contributed by atoms with Crippen molar-refractivity contribution in [3.05, 3.63) is 35.4 Å². The van der Waals surface area contributed by atoms with Gasteiger partial charge >= 0.3 is 0 Å². The molecule has 2 aliphatic heterocycles. The average molecular weight is 362 g/mol. The van der Waals surface area contributed by atoms with Crippen molar-refractivity contribution in [3.8, 4) is 0 Å². The van der Waals surface area contributed by atoms with Crippen LogP contribution in [0.5, 0.6) is 0 Å². The molecular formula is C18H26N4O4. The van der Waals surface area contributed by atoms with E-state index in [1.54, 1.807) is 0 Å². The van der Waals surface area contributed by atoms with E-state index < -0.39 is 12.2 Å². The Morgan fingerprint density at radius 1 is 0.846 bits per heavy atom. The van der Waals surface area contributed by atoms with Crippen molar-refractivity contribution in [2.24, 2.45) is 0 Å². The lowest BCUT2D eigenvalue weighted by atomic mass is 10.1. The van der Waals surface area contributed by atoms with E-state index in [1.807, 2.05) is 24.3 Å². The minimum absolute atomic E-state index is 0.102. The summed E-state index contributed by atoms with van der Waals surface area (Å²) in [6, 6.07) is 7.78. The average Bonchev–Trinajstić information content (AvgIpc) is 2.72. The van der Waals surface area contributed by atoms with Crippen molar-refractivity contribution >= 4 is 11.8 Å². The van der Waals surface area contributed by atoms with Gasteiger partial charge in [0.15, 0.2) is 0 Å². The summed E-state index contributed by atoms with van der Waals surface area (Å²) in [4.78, 5) is 24.1. The second-order valence-electron chi connectivity index (χ2n) is 6.38. The highest BCUT2D eigenvalue weighted by Gasteiger charge is 2.22. The van der Waals surface area contributed by atoms with Gasteiger partial charge < -0.3 is 30.7 Å². The topological polar surface area (TPSA) is 101 Å². The number of hydrogen-bond acceptors (Lipinski definition) is 6. The Kier molecular flexibility index (Phi) is 6.96. The number of benzene rings is 1. The summed E-state index contributed by atoms with van der Waals surface area (Å²) in [6.07, 6.45) is -0.843. The second kappa shape index (κ2) is 9.63. The standard InChI is InChI=1S/C18H26N4O4/c23-17(15-11-19-5-7-25-15)21-9-13-1-2-14(4-3-13)10-22-18(24)16-12-20-6-8-26-16/h1-4,15-16,19-20H,5-12H2,(H,21,23)(H,22,24)/t15-,16-/m0/s1. The number of morpholine rings is 2. The van der Waals surface area contributed by atoms with Crippen molar-refractivity contribution in [3.63, 3.8) is 0 Å². The number of carbonyl (C=O) groups is 2. The van der Waals surface area contributed by atoms with E-state index in [2.05, 4.69) is 21.3 Å². The third-order valence-corrected chi connectivity index (χ3v) is 4.40. The van der Waals surface area contributed by atoms with Crippen LogP contribution in [0.25, 0.3) is 0 Å². The molecule has 26 heavy (non-hydrogen) atoms. The van der Waals surface area contributed by atoms with Crippen LogP contribution >= 0.6 is 0 Å². The van der Waals surface area contributed by atoms with Crippen LogP contribution in [0.3, 0.4) is 0 Å². The van der Waals surface area contributed by atoms with Gasteiger partial charge in [-0.25, -0.2) is 0 Å². The summed E-state index contributed by atoms with van der Waals surface area (Å²) in [6.45, 7) is 4.67. The van der Waals surface area contributed by atoms with Gasteiger partial charge in [-0.3, -0.25) is 9.59 Å². The van der Waals surface area contributed by atoms with Crippen LogP contribution < -0.4 is 21.3 Å². The lowest BCUT2D eigenvalue weighted by Gasteiger charge is -2.23. The first-order valence-corrected chi connectivity index (χ1v) is 9.00. The van der Waals surface area contributed by atoms with E-state index in [4.69, 9.17) is 9.47 Å². The van der Waals surface area contributed by atoms with E-state index in [0.29, 0.717) is 39.4 Å². The molecule has 0 spiro atoms. The number of amides is 2. The molecule has 0 aliphatic carbocycles. The van der Waals surface area contributed by atoms with Gasteiger partial charge in [0, 0.05) is 39.3 Å². The molecule has 4 N–H and O–H groups in total. The minimum Gasteiger partial charge on any atom is -0.366 e. The first kappa shape index (κ1) is 18.8. The number of hydrogen-bond donors (Lipinski definition) is 4. The summed E-state index contributed by atoms with van der Waals surface area (Å²) in [5, 5.41) is 12.0.